The van der Waals surface area contributed by atoms with Crippen LogP contribution in [0.2, 0.25) is 0 Å². The fourth-order valence-electron chi connectivity index (χ4n) is 3.27. The van der Waals surface area contributed by atoms with E-state index < -0.39 is 4.92 Å². The van der Waals surface area contributed by atoms with Crippen LogP contribution in [-0.2, 0) is 0 Å². The SMILES string of the molecule is CCCCC(CC)COc1cc([N+](=O)[O-])c(OCC(CC)CCCC)cc1OC. The molecule has 0 saturated carbocycles. The normalized spacial score (nSPS) is 13.0. The molecule has 2 unspecified atom stereocenters. The largest absolute Gasteiger partial charge is 0.493 e. The van der Waals surface area contributed by atoms with Gasteiger partial charge in [-0.15, -0.1) is 0 Å². The zero-order valence-corrected chi connectivity index (χ0v) is 18.9. The first-order valence-electron chi connectivity index (χ1n) is 11.1. The molecule has 1 aromatic carbocycles. The highest BCUT2D eigenvalue weighted by Crippen LogP contribution is 2.40. The summed E-state index contributed by atoms with van der Waals surface area (Å²) >= 11 is 0. The summed E-state index contributed by atoms with van der Waals surface area (Å²) in [4.78, 5) is 11.2. The van der Waals surface area contributed by atoms with E-state index in [4.69, 9.17) is 14.2 Å². The van der Waals surface area contributed by atoms with Gasteiger partial charge >= 0.3 is 5.69 Å². The van der Waals surface area contributed by atoms with E-state index in [2.05, 4.69) is 27.7 Å². The van der Waals surface area contributed by atoms with Crippen LogP contribution in [0.4, 0.5) is 5.69 Å². The molecular formula is C23H39NO5. The summed E-state index contributed by atoms with van der Waals surface area (Å²) in [5, 5.41) is 11.6. The zero-order valence-electron chi connectivity index (χ0n) is 18.9. The number of hydrogen-bond donors (Lipinski definition) is 0. The van der Waals surface area contributed by atoms with Gasteiger partial charge in [-0.25, -0.2) is 0 Å². The Morgan fingerprint density at radius 1 is 0.862 bits per heavy atom. The quantitative estimate of drug-likeness (QED) is 0.222. The Labute approximate surface area is 176 Å². The van der Waals surface area contributed by atoms with E-state index in [1.807, 2.05) is 0 Å². The van der Waals surface area contributed by atoms with Crippen molar-refractivity contribution in [2.24, 2.45) is 11.8 Å². The number of hydrogen-bond acceptors (Lipinski definition) is 5. The minimum atomic E-state index is -0.414. The number of methoxy groups -OCH3 is 1. The maximum Gasteiger partial charge on any atom is 0.314 e. The second-order valence-electron chi connectivity index (χ2n) is 7.68. The number of nitro benzene ring substituents is 1. The van der Waals surface area contributed by atoms with E-state index in [9.17, 15) is 10.1 Å². The van der Waals surface area contributed by atoms with Crippen LogP contribution in [0.25, 0.3) is 0 Å². The van der Waals surface area contributed by atoms with Crippen molar-refractivity contribution in [1.29, 1.82) is 0 Å². The molecule has 0 aliphatic rings. The third kappa shape index (κ3) is 8.50. The van der Waals surface area contributed by atoms with Gasteiger partial charge in [0.05, 0.1) is 31.3 Å². The van der Waals surface area contributed by atoms with E-state index in [-0.39, 0.29) is 11.4 Å². The van der Waals surface area contributed by atoms with Crippen LogP contribution < -0.4 is 14.2 Å². The van der Waals surface area contributed by atoms with E-state index in [1.165, 1.54) is 6.07 Å². The third-order valence-corrected chi connectivity index (χ3v) is 5.48. The van der Waals surface area contributed by atoms with Gasteiger partial charge in [0.2, 0.25) is 5.75 Å². The average Bonchev–Trinajstić information content (AvgIpc) is 2.73. The first-order chi connectivity index (χ1) is 14.0. The molecule has 29 heavy (non-hydrogen) atoms. The van der Waals surface area contributed by atoms with Gasteiger partial charge in [0.15, 0.2) is 11.5 Å². The Balaban J connectivity index is 2.95. The molecule has 1 rings (SSSR count). The van der Waals surface area contributed by atoms with Gasteiger partial charge in [-0.1, -0.05) is 66.2 Å². The fourth-order valence-corrected chi connectivity index (χ4v) is 3.27. The molecule has 2 atom stereocenters. The molecule has 6 nitrogen and oxygen atoms in total. The molecule has 0 heterocycles. The molecule has 0 aromatic heterocycles. The lowest BCUT2D eigenvalue weighted by Gasteiger charge is -2.19. The predicted octanol–water partition coefficient (Wildman–Crippen LogP) is 6.79. The van der Waals surface area contributed by atoms with E-state index >= 15 is 0 Å². The lowest BCUT2D eigenvalue weighted by molar-refractivity contribution is -0.386. The molecule has 1 aromatic rings. The van der Waals surface area contributed by atoms with Crippen molar-refractivity contribution in [3.63, 3.8) is 0 Å². The predicted molar refractivity (Wildman–Crippen MR) is 117 cm³/mol. The van der Waals surface area contributed by atoms with E-state index in [1.54, 1.807) is 13.2 Å². The summed E-state index contributed by atoms with van der Waals surface area (Å²) in [5.74, 6) is 1.93. The van der Waals surface area contributed by atoms with E-state index in [0.29, 0.717) is 36.5 Å². The number of unbranched alkanes of at least 4 members (excludes halogenated alkanes) is 2. The first-order valence-corrected chi connectivity index (χ1v) is 11.1. The second-order valence-corrected chi connectivity index (χ2v) is 7.68. The van der Waals surface area contributed by atoms with Crippen molar-refractivity contribution in [3.8, 4) is 17.2 Å². The maximum atomic E-state index is 11.6. The highest BCUT2D eigenvalue weighted by molar-refractivity contribution is 5.58. The third-order valence-electron chi connectivity index (χ3n) is 5.48. The average molecular weight is 410 g/mol. The van der Waals surface area contributed by atoms with Crippen LogP contribution in [0.3, 0.4) is 0 Å². The van der Waals surface area contributed by atoms with Crippen molar-refractivity contribution < 1.29 is 19.1 Å². The lowest BCUT2D eigenvalue weighted by Crippen LogP contribution is -2.13. The minimum Gasteiger partial charge on any atom is -0.493 e. The number of nitro groups is 1. The molecule has 0 N–H and O–H groups in total. The first kappa shape index (κ1) is 25.1. The molecule has 0 radical (unpaired) electrons. The Kier molecular flexibility index (Phi) is 12.2. The molecule has 6 heteroatoms. The lowest BCUT2D eigenvalue weighted by atomic mass is 10.0. The fraction of sp³-hybridized carbons (Fsp3) is 0.739. The van der Waals surface area contributed by atoms with Gasteiger partial charge in [-0.05, 0) is 24.7 Å². The molecule has 0 amide bonds. The van der Waals surface area contributed by atoms with Crippen molar-refractivity contribution in [1.82, 2.24) is 0 Å². The minimum absolute atomic E-state index is 0.0762. The summed E-state index contributed by atoms with van der Waals surface area (Å²) in [6.45, 7) is 9.59. The summed E-state index contributed by atoms with van der Waals surface area (Å²) in [6.07, 6.45) is 8.73. The van der Waals surface area contributed by atoms with Gasteiger partial charge in [0.1, 0.15) is 0 Å². The Hall–Kier alpha value is -1.98. The molecular weight excluding hydrogens is 370 g/mol. The Morgan fingerprint density at radius 3 is 1.79 bits per heavy atom. The zero-order chi connectivity index (χ0) is 21.6. The van der Waals surface area contributed by atoms with Crippen LogP contribution in [-0.4, -0.2) is 25.2 Å². The molecule has 0 saturated heterocycles. The number of benzene rings is 1. The second kappa shape index (κ2) is 14.1. The van der Waals surface area contributed by atoms with Crippen LogP contribution in [0.15, 0.2) is 12.1 Å². The monoisotopic (exact) mass is 409 g/mol. The molecule has 0 bridgehead atoms. The Bertz CT molecular complexity index is 605. The van der Waals surface area contributed by atoms with Crippen molar-refractivity contribution in [2.45, 2.75) is 79.1 Å². The molecule has 0 aliphatic heterocycles. The molecule has 0 fully saturated rings. The van der Waals surface area contributed by atoms with Crippen molar-refractivity contribution in [3.05, 3.63) is 22.2 Å². The Morgan fingerprint density at radius 2 is 1.38 bits per heavy atom. The summed E-state index contributed by atoms with van der Waals surface area (Å²) in [6, 6.07) is 3.03. The standard InChI is InChI=1S/C23H39NO5/c1-6-10-12-18(8-3)16-28-21-15-22(27-5)23(14-20(21)24(25)26)29-17-19(9-4)13-11-7-2/h14-15,18-19H,6-13,16-17H2,1-5H3. The summed E-state index contributed by atoms with van der Waals surface area (Å²) in [5.41, 5.74) is -0.0762. The smallest absolute Gasteiger partial charge is 0.314 e. The van der Waals surface area contributed by atoms with Gasteiger partial charge in [-0.3, -0.25) is 10.1 Å². The highest BCUT2D eigenvalue weighted by Gasteiger charge is 2.23. The number of nitrogens with zero attached hydrogens (tertiary/aromatic N) is 1. The maximum absolute atomic E-state index is 11.6. The van der Waals surface area contributed by atoms with Crippen molar-refractivity contribution in [2.75, 3.05) is 20.3 Å². The number of ether oxygens (including phenoxy) is 3. The van der Waals surface area contributed by atoms with E-state index in [0.717, 1.165) is 51.4 Å². The summed E-state index contributed by atoms with van der Waals surface area (Å²) < 4.78 is 17.2. The highest BCUT2D eigenvalue weighted by atomic mass is 16.6. The topological polar surface area (TPSA) is 70.8 Å². The van der Waals surface area contributed by atoms with Gasteiger partial charge < -0.3 is 14.2 Å². The van der Waals surface area contributed by atoms with Gasteiger partial charge in [0.25, 0.3) is 0 Å². The molecule has 0 spiro atoms. The molecule has 0 aliphatic carbocycles. The van der Waals surface area contributed by atoms with Crippen LogP contribution in [0.5, 0.6) is 17.2 Å². The van der Waals surface area contributed by atoms with Crippen molar-refractivity contribution >= 4 is 5.69 Å². The van der Waals surface area contributed by atoms with Gasteiger partial charge in [-0.2, -0.15) is 0 Å². The van der Waals surface area contributed by atoms with Crippen LogP contribution >= 0.6 is 0 Å². The van der Waals surface area contributed by atoms with Crippen LogP contribution in [0, 0.1) is 22.0 Å². The molecule has 166 valence electrons. The summed E-state index contributed by atoms with van der Waals surface area (Å²) in [7, 11) is 1.54. The number of rotatable bonds is 16. The van der Waals surface area contributed by atoms with Gasteiger partial charge in [0, 0.05) is 6.07 Å². The van der Waals surface area contributed by atoms with Crippen LogP contribution in [0.1, 0.15) is 79.1 Å².